The van der Waals surface area contributed by atoms with Gasteiger partial charge in [0.2, 0.25) is 5.95 Å². The molecule has 0 saturated heterocycles. The molecule has 31 heavy (non-hydrogen) atoms. The van der Waals surface area contributed by atoms with Crippen LogP contribution in [0.3, 0.4) is 0 Å². The molecule has 0 saturated carbocycles. The van der Waals surface area contributed by atoms with Crippen LogP contribution >= 0.6 is 0 Å². The zero-order valence-corrected chi connectivity index (χ0v) is 17.3. The van der Waals surface area contributed by atoms with Crippen LogP contribution in [-0.2, 0) is 4.74 Å². The van der Waals surface area contributed by atoms with E-state index in [0.717, 1.165) is 28.3 Å². The standard InChI is InChI=1S/C23H23N5O3/c1-30-14-13-24-22(29)16-9-11-18(12-10-16)25-23-26-21-8-4-7-20(28(21)27-23)17-5-3-6-19(15-17)31-2/h3-12,15H,13-14H2,1-2H3,(H,24,29)(H,25,27). The van der Waals surface area contributed by atoms with Crippen molar-refractivity contribution in [1.29, 1.82) is 0 Å². The number of pyridine rings is 1. The second-order valence-electron chi connectivity index (χ2n) is 6.80. The zero-order valence-electron chi connectivity index (χ0n) is 17.3. The number of methoxy groups -OCH3 is 2. The number of hydrogen-bond donors (Lipinski definition) is 2. The summed E-state index contributed by atoms with van der Waals surface area (Å²) in [6, 6.07) is 20.8. The Bertz CT molecular complexity index is 1190. The molecule has 2 aromatic heterocycles. The Morgan fingerprint density at radius 3 is 2.61 bits per heavy atom. The van der Waals surface area contributed by atoms with E-state index in [9.17, 15) is 4.79 Å². The minimum Gasteiger partial charge on any atom is -0.497 e. The molecule has 0 unspecified atom stereocenters. The van der Waals surface area contributed by atoms with Gasteiger partial charge in [0.15, 0.2) is 5.65 Å². The van der Waals surface area contributed by atoms with Crippen molar-refractivity contribution in [2.45, 2.75) is 0 Å². The first-order chi connectivity index (χ1) is 15.2. The lowest BCUT2D eigenvalue weighted by atomic mass is 10.1. The van der Waals surface area contributed by atoms with Crippen LogP contribution in [0.5, 0.6) is 5.75 Å². The van der Waals surface area contributed by atoms with Crippen molar-refractivity contribution in [3.8, 4) is 17.0 Å². The average molecular weight is 417 g/mol. The number of rotatable bonds is 8. The highest BCUT2D eigenvalue weighted by molar-refractivity contribution is 5.94. The van der Waals surface area contributed by atoms with E-state index >= 15 is 0 Å². The summed E-state index contributed by atoms with van der Waals surface area (Å²) < 4.78 is 12.1. The second kappa shape index (κ2) is 9.27. The van der Waals surface area contributed by atoms with E-state index < -0.39 is 0 Å². The molecule has 0 aliphatic rings. The van der Waals surface area contributed by atoms with Crippen LogP contribution in [0, 0.1) is 0 Å². The Morgan fingerprint density at radius 2 is 1.84 bits per heavy atom. The number of amides is 1. The molecule has 0 radical (unpaired) electrons. The summed E-state index contributed by atoms with van der Waals surface area (Å²) in [4.78, 5) is 16.7. The van der Waals surface area contributed by atoms with Gasteiger partial charge < -0.3 is 20.1 Å². The number of fused-ring (bicyclic) bond motifs is 1. The van der Waals surface area contributed by atoms with Crippen molar-refractivity contribution in [3.63, 3.8) is 0 Å². The van der Waals surface area contributed by atoms with Gasteiger partial charge in [-0.25, -0.2) is 4.52 Å². The normalized spacial score (nSPS) is 10.8. The maximum Gasteiger partial charge on any atom is 0.251 e. The van der Waals surface area contributed by atoms with Crippen molar-refractivity contribution in [2.75, 3.05) is 32.7 Å². The molecule has 0 aliphatic carbocycles. The van der Waals surface area contributed by atoms with Crippen LogP contribution in [-0.4, -0.2) is 47.9 Å². The number of benzene rings is 2. The Balaban J connectivity index is 1.54. The van der Waals surface area contributed by atoms with Crippen LogP contribution in [0.15, 0.2) is 66.7 Å². The van der Waals surface area contributed by atoms with Gasteiger partial charge in [0.25, 0.3) is 5.91 Å². The van der Waals surface area contributed by atoms with Crippen LogP contribution in [0.2, 0.25) is 0 Å². The predicted octanol–water partition coefficient (Wildman–Crippen LogP) is 3.52. The Hall–Kier alpha value is -3.91. The van der Waals surface area contributed by atoms with Crippen LogP contribution < -0.4 is 15.4 Å². The third-order valence-corrected chi connectivity index (χ3v) is 4.72. The van der Waals surface area contributed by atoms with Gasteiger partial charge in [-0.05, 0) is 48.5 Å². The van der Waals surface area contributed by atoms with E-state index in [2.05, 4.69) is 20.7 Å². The van der Waals surface area contributed by atoms with E-state index in [0.29, 0.717) is 24.7 Å². The van der Waals surface area contributed by atoms with Gasteiger partial charge in [-0.2, -0.15) is 4.98 Å². The average Bonchev–Trinajstić information content (AvgIpc) is 3.22. The highest BCUT2D eigenvalue weighted by atomic mass is 16.5. The molecule has 8 nitrogen and oxygen atoms in total. The Labute approximate surface area is 179 Å². The SMILES string of the molecule is COCCNC(=O)c1ccc(Nc2nc3cccc(-c4cccc(OC)c4)n3n2)cc1. The maximum absolute atomic E-state index is 12.1. The van der Waals surface area contributed by atoms with E-state index in [4.69, 9.17) is 9.47 Å². The smallest absolute Gasteiger partial charge is 0.251 e. The fourth-order valence-corrected chi connectivity index (χ4v) is 3.16. The van der Waals surface area contributed by atoms with Crippen molar-refractivity contribution in [2.24, 2.45) is 0 Å². The molecule has 2 N–H and O–H groups in total. The lowest BCUT2D eigenvalue weighted by molar-refractivity contribution is 0.0937. The van der Waals surface area contributed by atoms with E-state index in [-0.39, 0.29) is 5.91 Å². The van der Waals surface area contributed by atoms with Crippen molar-refractivity contribution < 1.29 is 14.3 Å². The van der Waals surface area contributed by atoms with Gasteiger partial charge >= 0.3 is 0 Å². The van der Waals surface area contributed by atoms with E-state index in [1.54, 1.807) is 30.9 Å². The number of anilines is 2. The Morgan fingerprint density at radius 1 is 1.03 bits per heavy atom. The summed E-state index contributed by atoms with van der Waals surface area (Å²) in [7, 11) is 3.24. The fourth-order valence-electron chi connectivity index (χ4n) is 3.16. The minimum atomic E-state index is -0.141. The third kappa shape index (κ3) is 4.65. The molecule has 4 aromatic rings. The molecular weight excluding hydrogens is 394 g/mol. The molecule has 0 fully saturated rings. The topological polar surface area (TPSA) is 89.8 Å². The summed E-state index contributed by atoms with van der Waals surface area (Å²) in [6.45, 7) is 0.943. The summed E-state index contributed by atoms with van der Waals surface area (Å²) >= 11 is 0. The van der Waals surface area contributed by atoms with Gasteiger partial charge in [-0.3, -0.25) is 4.79 Å². The summed E-state index contributed by atoms with van der Waals surface area (Å²) in [5.74, 6) is 1.10. The summed E-state index contributed by atoms with van der Waals surface area (Å²) in [5, 5.41) is 10.6. The number of nitrogens with zero attached hydrogens (tertiary/aromatic N) is 3. The van der Waals surface area contributed by atoms with Gasteiger partial charge in [0, 0.05) is 30.5 Å². The molecule has 0 atom stereocenters. The van der Waals surface area contributed by atoms with Crippen molar-refractivity contribution in [1.82, 2.24) is 19.9 Å². The molecule has 8 heteroatoms. The number of ether oxygens (including phenoxy) is 2. The van der Waals surface area contributed by atoms with Crippen molar-refractivity contribution in [3.05, 3.63) is 72.3 Å². The molecule has 4 rings (SSSR count). The largest absolute Gasteiger partial charge is 0.497 e. The first kappa shape index (κ1) is 20.4. The highest BCUT2D eigenvalue weighted by Gasteiger charge is 2.10. The molecule has 0 spiro atoms. The number of nitrogens with one attached hydrogen (secondary N) is 2. The Kier molecular flexibility index (Phi) is 6.09. The van der Waals surface area contributed by atoms with Crippen LogP contribution in [0.4, 0.5) is 11.6 Å². The molecule has 2 heterocycles. The van der Waals surface area contributed by atoms with Crippen molar-refractivity contribution >= 4 is 23.2 Å². The number of aromatic nitrogens is 3. The summed E-state index contributed by atoms with van der Waals surface area (Å²) in [5.41, 5.74) is 3.96. The number of carbonyl (C=O) groups is 1. The fraction of sp³-hybridized carbons (Fsp3) is 0.174. The lowest BCUT2D eigenvalue weighted by Gasteiger charge is -2.06. The zero-order chi connectivity index (χ0) is 21.6. The first-order valence-corrected chi connectivity index (χ1v) is 9.82. The number of carbonyl (C=O) groups excluding carboxylic acids is 1. The van der Waals surface area contributed by atoms with Crippen LogP contribution in [0.25, 0.3) is 16.9 Å². The lowest BCUT2D eigenvalue weighted by Crippen LogP contribution is -2.26. The summed E-state index contributed by atoms with van der Waals surface area (Å²) in [6.07, 6.45) is 0. The molecule has 2 aromatic carbocycles. The van der Waals surface area contributed by atoms with Crippen LogP contribution in [0.1, 0.15) is 10.4 Å². The molecular formula is C23H23N5O3. The second-order valence-corrected chi connectivity index (χ2v) is 6.80. The molecule has 0 aliphatic heterocycles. The molecule has 1 amide bonds. The van der Waals surface area contributed by atoms with Gasteiger partial charge in [-0.1, -0.05) is 18.2 Å². The number of hydrogen-bond acceptors (Lipinski definition) is 6. The van der Waals surface area contributed by atoms with E-state index in [1.807, 2.05) is 54.6 Å². The first-order valence-electron chi connectivity index (χ1n) is 9.82. The maximum atomic E-state index is 12.1. The molecule has 158 valence electrons. The monoisotopic (exact) mass is 417 g/mol. The quantitative estimate of drug-likeness (QED) is 0.427. The van der Waals surface area contributed by atoms with E-state index in [1.165, 1.54) is 0 Å². The van der Waals surface area contributed by atoms with Gasteiger partial charge in [0.05, 0.1) is 19.4 Å². The molecule has 0 bridgehead atoms. The van der Waals surface area contributed by atoms with Gasteiger partial charge in [-0.15, -0.1) is 5.10 Å². The predicted molar refractivity (Wildman–Crippen MR) is 119 cm³/mol. The highest BCUT2D eigenvalue weighted by Crippen LogP contribution is 2.25. The minimum absolute atomic E-state index is 0.141. The van der Waals surface area contributed by atoms with Gasteiger partial charge in [0.1, 0.15) is 5.75 Å². The third-order valence-electron chi connectivity index (χ3n) is 4.72.